The van der Waals surface area contributed by atoms with E-state index in [4.69, 9.17) is 4.99 Å². The zero-order valence-corrected chi connectivity index (χ0v) is 32.3. The summed E-state index contributed by atoms with van der Waals surface area (Å²) >= 11 is 0. The molecule has 1 atom stereocenters. The minimum atomic E-state index is -3.46. The number of amidine groups is 2. The number of nitro benzene ring substituents is 2. The van der Waals surface area contributed by atoms with Gasteiger partial charge in [0.15, 0.2) is 5.17 Å². The van der Waals surface area contributed by atoms with Crippen LogP contribution in [0.2, 0.25) is 0 Å². The molecule has 2 heterocycles. The van der Waals surface area contributed by atoms with E-state index in [1.807, 2.05) is 6.92 Å². The number of hydrogen-bond acceptors (Lipinski definition) is 9. The molecule has 2 aliphatic heterocycles. The van der Waals surface area contributed by atoms with Gasteiger partial charge in [0, 0.05) is 36.3 Å². The number of aryl methyl sites for hydroxylation is 2. The van der Waals surface area contributed by atoms with Gasteiger partial charge < -0.3 is 9.80 Å². The van der Waals surface area contributed by atoms with Crippen LogP contribution in [0.4, 0.5) is 22.7 Å². The van der Waals surface area contributed by atoms with E-state index in [1.54, 1.807) is 25.1 Å². The first kappa shape index (κ1) is 37.6. The zero-order valence-electron chi connectivity index (χ0n) is 30.7. The van der Waals surface area contributed by atoms with Crippen LogP contribution in [-0.2, 0) is 20.6 Å². The molecule has 13 nitrogen and oxygen atoms in total. The number of nitro groups is 2. The van der Waals surface area contributed by atoms with Crippen molar-refractivity contribution in [1.29, 1.82) is 0 Å². The minimum Gasteiger partial charge on any atom is -0.340 e. The average molecular weight is 767 g/mol. The molecule has 0 radical (unpaired) electrons. The molecule has 1 unspecified atom stereocenters. The fraction of sp³-hybridized carbons (Fsp3) is 0.632. The highest BCUT2D eigenvalue weighted by Gasteiger charge is 2.56. The molecule has 2 spiro atoms. The van der Waals surface area contributed by atoms with E-state index in [0.29, 0.717) is 33.9 Å². The van der Waals surface area contributed by atoms with E-state index in [9.17, 15) is 32.9 Å². The molecule has 0 N–H and O–H groups in total. The van der Waals surface area contributed by atoms with Gasteiger partial charge in [-0.15, -0.1) is 0 Å². The molecule has 53 heavy (non-hydrogen) atoms. The number of sulfone groups is 1. The summed E-state index contributed by atoms with van der Waals surface area (Å²) in [6.45, 7) is 3.56. The Morgan fingerprint density at radius 1 is 0.698 bits per heavy atom. The highest BCUT2D eigenvalue weighted by atomic mass is 32.2. The summed E-state index contributed by atoms with van der Waals surface area (Å²) in [5.74, 6) is 0.843. The fourth-order valence-corrected chi connectivity index (χ4v) is 13.9. The number of nitrogens with zero attached hydrogens (tertiary/aromatic N) is 6. The molecule has 0 bridgehead atoms. The third kappa shape index (κ3) is 7.27. The molecule has 2 saturated heterocycles. The van der Waals surface area contributed by atoms with Crippen molar-refractivity contribution >= 4 is 53.7 Å². The summed E-state index contributed by atoms with van der Waals surface area (Å²) in [4.78, 5) is 35.1. The second-order valence-corrected chi connectivity index (χ2v) is 19.2. The molecule has 286 valence electrons. The lowest BCUT2D eigenvalue weighted by Gasteiger charge is -2.39. The van der Waals surface area contributed by atoms with Crippen molar-refractivity contribution < 1.29 is 22.5 Å². The van der Waals surface area contributed by atoms with Crippen molar-refractivity contribution in [3.05, 3.63) is 67.8 Å². The van der Waals surface area contributed by atoms with Crippen molar-refractivity contribution in [1.82, 2.24) is 9.80 Å². The quantitative estimate of drug-likeness (QED) is 0.208. The predicted molar refractivity (Wildman–Crippen MR) is 207 cm³/mol. The van der Waals surface area contributed by atoms with Crippen LogP contribution in [0.25, 0.3) is 0 Å². The van der Waals surface area contributed by atoms with E-state index < -0.39 is 30.5 Å². The molecule has 15 heteroatoms. The lowest BCUT2D eigenvalue weighted by atomic mass is 9.95. The normalized spacial score (nSPS) is 26.3. The molecule has 4 saturated carbocycles. The minimum absolute atomic E-state index is 0.00867. The Balaban J connectivity index is 0.000000164. The first-order chi connectivity index (χ1) is 25.3. The lowest BCUT2D eigenvalue weighted by Crippen LogP contribution is -2.50. The molecular formula is C38H50N6O7S2. The van der Waals surface area contributed by atoms with Gasteiger partial charge in [0.05, 0.1) is 54.6 Å². The molecule has 0 aromatic heterocycles. The topological polar surface area (TPSA) is 169 Å². The van der Waals surface area contributed by atoms with Gasteiger partial charge in [-0.3, -0.25) is 24.4 Å². The summed E-state index contributed by atoms with van der Waals surface area (Å²) in [6.07, 6.45) is 17.6. The van der Waals surface area contributed by atoms with Crippen LogP contribution in [0.5, 0.6) is 0 Å². The Kier molecular flexibility index (Phi) is 10.5. The third-order valence-electron chi connectivity index (χ3n) is 12.4. The standard InChI is InChI=1S/C19H25N3O4S.C19H25N3O3S/c1-14-12-16(22(23)24)8-9-17(14)20-18-21(15-6-2-3-7-15)19(10-4-5-11-19)13-27(18,25)26;1-14-12-16(22(23)24)8-9-17(14)20-18-21(15-6-2-3-7-15)19(13-26(18)25)10-4-5-11-19/h8-9,12,15H,2-7,10-11,13H2,1H3;8-9,12,15H,2-7,10-11,13H2,1H3. The highest BCUT2D eigenvalue weighted by molar-refractivity contribution is 8.06. The second kappa shape index (κ2) is 14.8. The molecule has 4 aliphatic carbocycles. The molecule has 2 aromatic carbocycles. The van der Waals surface area contributed by atoms with E-state index >= 15 is 0 Å². The summed E-state index contributed by atoms with van der Waals surface area (Å²) in [5, 5.41) is 22.8. The van der Waals surface area contributed by atoms with Gasteiger partial charge in [-0.25, -0.2) is 18.4 Å². The maximum absolute atomic E-state index is 13.1. The maximum atomic E-state index is 13.1. The first-order valence-electron chi connectivity index (χ1n) is 19.2. The smallest absolute Gasteiger partial charge is 0.269 e. The van der Waals surface area contributed by atoms with E-state index in [2.05, 4.69) is 14.8 Å². The van der Waals surface area contributed by atoms with Crippen LogP contribution >= 0.6 is 0 Å². The van der Waals surface area contributed by atoms with Crippen molar-refractivity contribution in [2.24, 2.45) is 9.98 Å². The first-order valence-corrected chi connectivity index (χ1v) is 22.2. The number of non-ortho nitro benzene ring substituents is 2. The van der Waals surface area contributed by atoms with Crippen LogP contribution in [0.3, 0.4) is 0 Å². The van der Waals surface area contributed by atoms with Crippen LogP contribution in [0.1, 0.15) is 114 Å². The van der Waals surface area contributed by atoms with Gasteiger partial charge in [0.1, 0.15) is 0 Å². The molecule has 0 amide bonds. The van der Waals surface area contributed by atoms with Crippen LogP contribution in [0, 0.1) is 34.1 Å². The second-order valence-electron chi connectivity index (χ2n) is 16.0. The summed E-state index contributed by atoms with van der Waals surface area (Å²) < 4.78 is 39.2. The Hall–Kier alpha value is -3.72. The van der Waals surface area contributed by atoms with Gasteiger partial charge in [0.25, 0.3) is 11.4 Å². The van der Waals surface area contributed by atoms with Crippen LogP contribution < -0.4 is 0 Å². The van der Waals surface area contributed by atoms with Gasteiger partial charge in [-0.2, -0.15) is 0 Å². The van der Waals surface area contributed by atoms with E-state index in [1.165, 1.54) is 43.9 Å². The third-order valence-corrected chi connectivity index (χ3v) is 15.7. The Bertz CT molecular complexity index is 1960. The highest BCUT2D eigenvalue weighted by Crippen LogP contribution is 2.47. The molecule has 8 rings (SSSR count). The van der Waals surface area contributed by atoms with Crippen LogP contribution in [-0.4, -0.2) is 77.3 Å². The lowest BCUT2D eigenvalue weighted by molar-refractivity contribution is -0.385. The number of hydrogen-bond donors (Lipinski definition) is 0. The van der Waals surface area contributed by atoms with Gasteiger partial charge in [-0.05, 0) is 88.5 Å². The molecular weight excluding hydrogens is 717 g/mol. The maximum Gasteiger partial charge on any atom is 0.269 e. The van der Waals surface area contributed by atoms with Crippen molar-refractivity contribution in [3.63, 3.8) is 0 Å². The summed E-state index contributed by atoms with van der Waals surface area (Å²) in [7, 11) is -4.56. The molecule has 6 aliphatic rings. The summed E-state index contributed by atoms with van der Waals surface area (Å²) in [6, 6.07) is 9.78. The number of benzene rings is 2. The number of rotatable bonds is 6. The summed E-state index contributed by atoms with van der Waals surface area (Å²) in [5.41, 5.74) is 2.33. The molecule has 6 fully saturated rings. The average Bonchev–Trinajstić information content (AvgIpc) is 3.97. The van der Waals surface area contributed by atoms with Gasteiger partial charge in [-0.1, -0.05) is 51.4 Å². The van der Waals surface area contributed by atoms with Crippen molar-refractivity contribution in [2.45, 2.75) is 140 Å². The largest absolute Gasteiger partial charge is 0.340 e. The molecule has 2 aromatic rings. The van der Waals surface area contributed by atoms with E-state index in [-0.39, 0.29) is 39.4 Å². The van der Waals surface area contributed by atoms with Crippen molar-refractivity contribution in [3.8, 4) is 0 Å². The van der Waals surface area contributed by atoms with Gasteiger partial charge >= 0.3 is 0 Å². The zero-order chi connectivity index (χ0) is 37.5. The Morgan fingerprint density at radius 2 is 1.15 bits per heavy atom. The van der Waals surface area contributed by atoms with Gasteiger partial charge in [0.2, 0.25) is 15.0 Å². The monoisotopic (exact) mass is 766 g/mol. The predicted octanol–water partition coefficient (Wildman–Crippen LogP) is 8.09. The van der Waals surface area contributed by atoms with Crippen LogP contribution in [0.15, 0.2) is 46.4 Å². The van der Waals surface area contributed by atoms with Crippen molar-refractivity contribution in [2.75, 3.05) is 11.5 Å². The number of aliphatic imine (C=N–C) groups is 2. The SMILES string of the molecule is Cc1cc([N+](=O)[O-])ccc1N=C1N(C2CCCC2)C2(CCCC2)CS1(=O)=O.Cc1cc([N+](=O)[O-])ccc1N=C1N(C2CCCC2)C2(CCCC2)CS1=O. The fourth-order valence-electron chi connectivity index (χ4n) is 9.97. The Morgan fingerprint density at radius 3 is 1.62 bits per heavy atom. The Labute approximate surface area is 314 Å². The van der Waals surface area contributed by atoms with E-state index in [0.717, 1.165) is 82.6 Å².